The number of hydrogen-bond acceptors (Lipinski definition) is 3. The third-order valence-electron chi connectivity index (χ3n) is 6.93. The number of aromatic amines is 1. The Hall–Kier alpha value is -4.38. The molecule has 35 heavy (non-hydrogen) atoms. The summed E-state index contributed by atoms with van der Waals surface area (Å²) >= 11 is 0. The topological polar surface area (TPSA) is 68.2 Å². The third kappa shape index (κ3) is 3.56. The van der Waals surface area contributed by atoms with Crippen molar-refractivity contribution < 1.29 is 9.66 Å². The van der Waals surface area contributed by atoms with Gasteiger partial charge in [0, 0.05) is 27.0 Å². The number of para-hydroxylation sites is 2. The van der Waals surface area contributed by atoms with Crippen LogP contribution >= 0.6 is 0 Å². The first-order chi connectivity index (χ1) is 17.1. The van der Waals surface area contributed by atoms with Crippen LogP contribution in [0.1, 0.15) is 34.3 Å². The van der Waals surface area contributed by atoms with Gasteiger partial charge in [-0.05, 0) is 30.2 Å². The summed E-state index contributed by atoms with van der Waals surface area (Å²) in [5, 5.41) is 13.8. The van der Waals surface area contributed by atoms with Gasteiger partial charge in [0.1, 0.15) is 5.75 Å². The molecule has 0 aliphatic carbocycles. The molecular weight excluding hydrogens is 436 g/mol. The fraction of sp³-hybridized carbons (Fsp3) is 0.133. The lowest BCUT2D eigenvalue weighted by Gasteiger charge is -2.35. The van der Waals surface area contributed by atoms with Crippen molar-refractivity contribution in [2.45, 2.75) is 25.0 Å². The lowest BCUT2D eigenvalue weighted by atomic mass is 9.77. The molecule has 0 bridgehead atoms. The second-order valence-electron chi connectivity index (χ2n) is 9.07. The minimum Gasteiger partial charge on any atom is -0.478 e. The van der Waals surface area contributed by atoms with Crippen molar-refractivity contribution in [1.82, 2.24) is 4.98 Å². The van der Waals surface area contributed by atoms with E-state index in [-0.39, 0.29) is 4.92 Å². The maximum absolute atomic E-state index is 12.8. The van der Waals surface area contributed by atoms with Gasteiger partial charge < -0.3 is 9.72 Å². The Morgan fingerprint density at radius 1 is 0.829 bits per heavy atom. The molecule has 0 spiro atoms. The van der Waals surface area contributed by atoms with Gasteiger partial charge in [0.15, 0.2) is 6.10 Å². The van der Waals surface area contributed by atoms with E-state index >= 15 is 0 Å². The Morgan fingerprint density at radius 2 is 1.51 bits per heavy atom. The summed E-state index contributed by atoms with van der Waals surface area (Å²) in [7, 11) is 0. The third-order valence-corrected chi connectivity index (χ3v) is 6.93. The van der Waals surface area contributed by atoms with E-state index < -0.39 is 18.1 Å². The van der Waals surface area contributed by atoms with Crippen molar-refractivity contribution in [3.8, 4) is 17.0 Å². The average Bonchev–Trinajstić information content (AvgIpc) is 3.28. The summed E-state index contributed by atoms with van der Waals surface area (Å²) in [6, 6.07) is 32.6. The van der Waals surface area contributed by atoms with Crippen LogP contribution in [0.3, 0.4) is 0 Å². The van der Waals surface area contributed by atoms with Crippen molar-refractivity contribution in [3.05, 3.63) is 135 Å². The monoisotopic (exact) mass is 460 g/mol. The summed E-state index contributed by atoms with van der Waals surface area (Å²) in [6.07, 6.45) is -0.720. The molecule has 6 rings (SSSR count). The smallest absolute Gasteiger partial charge is 0.264 e. The predicted octanol–water partition coefficient (Wildman–Crippen LogP) is 7.05. The maximum Gasteiger partial charge on any atom is 0.264 e. The van der Waals surface area contributed by atoms with Crippen LogP contribution in [0.15, 0.2) is 103 Å². The van der Waals surface area contributed by atoms with E-state index in [9.17, 15) is 10.1 Å². The van der Waals surface area contributed by atoms with Gasteiger partial charge in [-0.15, -0.1) is 0 Å². The first-order valence-electron chi connectivity index (χ1n) is 11.7. The van der Waals surface area contributed by atoms with Gasteiger partial charge in [0.05, 0.1) is 11.6 Å². The van der Waals surface area contributed by atoms with E-state index in [1.165, 1.54) is 0 Å². The minimum absolute atomic E-state index is 0.165. The molecule has 1 aliphatic rings. The molecule has 0 fully saturated rings. The molecule has 4 aromatic carbocycles. The van der Waals surface area contributed by atoms with E-state index in [0.717, 1.165) is 44.4 Å². The zero-order valence-corrected chi connectivity index (χ0v) is 19.2. The van der Waals surface area contributed by atoms with E-state index in [2.05, 4.69) is 4.98 Å². The van der Waals surface area contributed by atoms with Crippen molar-refractivity contribution in [3.63, 3.8) is 0 Å². The zero-order chi connectivity index (χ0) is 23.9. The first kappa shape index (κ1) is 21.2. The molecule has 2 heterocycles. The van der Waals surface area contributed by atoms with E-state index in [0.29, 0.717) is 5.75 Å². The highest BCUT2D eigenvalue weighted by atomic mass is 16.6. The Balaban J connectivity index is 1.65. The number of hydrogen-bond donors (Lipinski definition) is 1. The molecule has 1 aliphatic heterocycles. The van der Waals surface area contributed by atoms with Crippen LogP contribution < -0.4 is 4.74 Å². The minimum atomic E-state index is -1.01. The van der Waals surface area contributed by atoms with Crippen LogP contribution in [0.25, 0.3) is 22.2 Å². The van der Waals surface area contributed by atoms with Crippen molar-refractivity contribution in [2.24, 2.45) is 0 Å². The number of nitrogens with one attached hydrogen (secondary N) is 1. The average molecular weight is 461 g/mol. The molecular formula is C30H24N2O3. The van der Waals surface area contributed by atoms with Gasteiger partial charge in [-0.3, -0.25) is 10.1 Å². The number of nitrogens with zero attached hydrogens (tertiary/aromatic N) is 1. The van der Waals surface area contributed by atoms with Crippen LogP contribution in [0.5, 0.6) is 5.75 Å². The number of rotatable bonds is 4. The second kappa shape index (κ2) is 8.44. The number of ether oxygens (including phenoxy) is 1. The molecule has 5 aromatic rings. The van der Waals surface area contributed by atoms with Crippen molar-refractivity contribution in [1.29, 1.82) is 0 Å². The highest BCUT2D eigenvalue weighted by Gasteiger charge is 2.49. The second-order valence-corrected chi connectivity index (χ2v) is 9.07. The molecule has 172 valence electrons. The number of nitro groups is 1. The molecule has 5 nitrogen and oxygen atoms in total. The van der Waals surface area contributed by atoms with Crippen LogP contribution in [-0.4, -0.2) is 15.9 Å². The molecule has 0 amide bonds. The van der Waals surface area contributed by atoms with Crippen LogP contribution in [0, 0.1) is 17.0 Å². The quantitative estimate of drug-likeness (QED) is 0.231. The molecule has 0 saturated heterocycles. The normalized spacial score (nSPS) is 19.2. The number of fused-ring (bicyclic) bond motifs is 2. The Morgan fingerprint density at radius 3 is 2.29 bits per heavy atom. The maximum atomic E-state index is 12.8. The van der Waals surface area contributed by atoms with E-state index in [1.807, 2.05) is 110 Å². The van der Waals surface area contributed by atoms with Crippen molar-refractivity contribution in [2.75, 3.05) is 0 Å². The fourth-order valence-corrected chi connectivity index (χ4v) is 5.31. The van der Waals surface area contributed by atoms with Crippen LogP contribution in [-0.2, 0) is 0 Å². The highest BCUT2D eigenvalue weighted by molar-refractivity contribution is 5.92. The van der Waals surface area contributed by atoms with Gasteiger partial charge in [0.25, 0.3) is 6.04 Å². The van der Waals surface area contributed by atoms with Crippen molar-refractivity contribution >= 4 is 10.9 Å². The molecule has 3 atom stereocenters. The van der Waals surface area contributed by atoms with Gasteiger partial charge in [0.2, 0.25) is 0 Å². The van der Waals surface area contributed by atoms with Gasteiger partial charge in [-0.25, -0.2) is 0 Å². The van der Waals surface area contributed by atoms with Gasteiger partial charge >= 0.3 is 0 Å². The number of benzene rings is 4. The lowest BCUT2D eigenvalue weighted by molar-refractivity contribution is -0.538. The standard InChI is InChI=1S/C30H24N2O3/c1-19-15-17-21(18-16-19)30-29(32(33)34)27(23-12-6-8-14-25(23)35-30)26-22-11-5-7-13-24(22)31-28(26)20-9-3-2-4-10-20/h2-18,27,29-31H,1H3/t27-,29-,30-/m1/s1. The van der Waals surface area contributed by atoms with Gasteiger partial charge in [-0.2, -0.15) is 0 Å². The van der Waals surface area contributed by atoms with Crippen LogP contribution in [0.4, 0.5) is 0 Å². The van der Waals surface area contributed by atoms with Gasteiger partial charge in [-0.1, -0.05) is 96.6 Å². The largest absolute Gasteiger partial charge is 0.478 e. The number of aromatic nitrogens is 1. The summed E-state index contributed by atoms with van der Waals surface area (Å²) in [6.45, 7) is 2.01. The highest BCUT2D eigenvalue weighted by Crippen LogP contribution is 2.50. The SMILES string of the molecule is Cc1ccc([C@H]2Oc3ccccc3[C@H](c3c(-c4ccccc4)[nH]c4ccccc34)[C@H]2[N+](=O)[O-])cc1. The Labute approximate surface area is 203 Å². The first-order valence-corrected chi connectivity index (χ1v) is 11.7. The Bertz CT molecular complexity index is 1520. The van der Waals surface area contributed by atoms with Crippen LogP contribution in [0.2, 0.25) is 0 Å². The molecule has 1 aromatic heterocycles. The molecule has 5 heteroatoms. The van der Waals surface area contributed by atoms with E-state index in [1.54, 1.807) is 0 Å². The fourth-order valence-electron chi connectivity index (χ4n) is 5.31. The summed E-state index contributed by atoms with van der Waals surface area (Å²) in [5.74, 6) is 0.179. The summed E-state index contributed by atoms with van der Waals surface area (Å²) in [4.78, 5) is 16.2. The number of aryl methyl sites for hydroxylation is 1. The Kier molecular flexibility index (Phi) is 5.10. The lowest BCUT2D eigenvalue weighted by Crippen LogP contribution is -2.40. The molecule has 0 radical (unpaired) electrons. The summed E-state index contributed by atoms with van der Waals surface area (Å²) < 4.78 is 6.37. The predicted molar refractivity (Wildman–Crippen MR) is 137 cm³/mol. The van der Waals surface area contributed by atoms with E-state index in [4.69, 9.17) is 4.74 Å². The zero-order valence-electron chi connectivity index (χ0n) is 19.2. The molecule has 1 N–H and O–H groups in total. The number of H-pyrrole nitrogens is 1. The molecule has 0 unspecified atom stereocenters. The summed E-state index contributed by atoms with van der Waals surface area (Å²) in [5.41, 5.74) is 6.53. The molecule has 0 saturated carbocycles.